The fraction of sp³-hybridized carbons (Fsp3) is 0.887. The zero-order valence-electron chi connectivity index (χ0n) is 48.0. The molecule has 0 aromatic rings. The van der Waals surface area contributed by atoms with Crippen molar-refractivity contribution in [1.82, 2.24) is 5.32 Å². The maximum atomic E-state index is 13.0. The molecule has 0 spiro atoms. The number of aliphatic hydroxyl groups excluding tert-OH is 1. The van der Waals surface area contributed by atoms with Gasteiger partial charge in [-0.15, -0.1) is 0 Å². The number of quaternary nitrogens is 1. The van der Waals surface area contributed by atoms with Gasteiger partial charge < -0.3 is 19.8 Å². The number of carbonyl (C=O) groups excluding carboxylic acids is 1. The molecule has 0 saturated heterocycles. The van der Waals surface area contributed by atoms with E-state index in [9.17, 15) is 19.4 Å². The number of rotatable bonds is 57. The molecular weight excluding hydrogens is 900 g/mol. The van der Waals surface area contributed by atoms with E-state index in [2.05, 4.69) is 43.5 Å². The third-order valence-electron chi connectivity index (χ3n) is 14.1. The molecule has 71 heavy (non-hydrogen) atoms. The van der Waals surface area contributed by atoms with Gasteiger partial charge in [-0.25, -0.2) is 4.57 Å². The second kappa shape index (κ2) is 53.5. The highest BCUT2D eigenvalue weighted by molar-refractivity contribution is 7.47. The normalized spacial score (nSPS) is 14.1. The molecule has 420 valence electrons. The van der Waals surface area contributed by atoms with Crippen molar-refractivity contribution in [2.75, 3.05) is 40.9 Å². The molecule has 0 rings (SSSR count). The number of amides is 1. The predicted molar refractivity (Wildman–Crippen MR) is 309 cm³/mol. The highest BCUT2D eigenvalue weighted by atomic mass is 31.2. The van der Waals surface area contributed by atoms with Gasteiger partial charge in [0.05, 0.1) is 39.9 Å². The molecule has 0 aliphatic carbocycles. The van der Waals surface area contributed by atoms with Crippen LogP contribution < -0.4 is 5.32 Å². The van der Waals surface area contributed by atoms with Gasteiger partial charge in [0.25, 0.3) is 0 Å². The van der Waals surface area contributed by atoms with E-state index in [1.807, 2.05) is 27.2 Å². The third kappa shape index (κ3) is 56.3. The van der Waals surface area contributed by atoms with E-state index in [1.165, 1.54) is 244 Å². The Kier molecular flexibility index (Phi) is 52.6. The second-order valence-electron chi connectivity index (χ2n) is 22.4. The molecule has 0 saturated carbocycles. The lowest BCUT2D eigenvalue weighted by atomic mass is 10.0. The number of nitrogens with zero attached hydrogens (tertiary/aromatic N) is 1. The van der Waals surface area contributed by atoms with Gasteiger partial charge in [-0.2, -0.15) is 0 Å². The van der Waals surface area contributed by atoms with E-state index in [-0.39, 0.29) is 19.1 Å². The topological polar surface area (TPSA) is 105 Å². The van der Waals surface area contributed by atoms with Crippen LogP contribution in [-0.4, -0.2) is 73.4 Å². The third-order valence-corrected chi connectivity index (χ3v) is 15.1. The first-order valence-electron chi connectivity index (χ1n) is 30.9. The first-order valence-corrected chi connectivity index (χ1v) is 32.4. The molecule has 0 aliphatic rings. The Morgan fingerprint density at radius 3 is 1.13 bits per heavy atom. The van der Waals surface area contributed by atoms with E-state index >= 15 is 0 Å². The molecular formula is C62H122N2O6P+. The molecule has 3 unspecified atom stereocenters. The van der Waals surface area contributed by atoms with Crippen molar-refractivity contribution in [3.8, 4) is 0 Å². The summed E-state index contributed by atoms with van der Waals surface area (Å²) in [6.45, 7) is 4.83. The molecule has 0 aliphatic heterocycles. The Bertz CT molecular complexity index is 1250. The maximum Gasteiger partial charge on any atom is 0.472 e. The number of nitrogens with one attached hydrogen (secondary N) is 1. The van der Waals surface area contributed by atoms with Crippen LogP contribution in [0.15, 0.2) is 36.5 Å². The zero-order chi connectivity index (χ0) is 52.0. The lowest BCUT2D eigenvalue weighted by molar-refractivity contribution is -0.870. The number of phosphoric acid groups is 1. The minimum absolute atomic E-state index is 0.0577. The van der Waals surface area contributed by atoms with Crippen LogP contribution in [0.25, 0.3) is 0 Å². The average Bonchev–Trinajstić information content (AvgIpc) is 3.33. The highest BCUT2D eigenvalue weighted by Crippen LogP contribution is 2.43. The van der Waals surface area contributed by atoms with Crippen LogP contribution in [-0.2, 0) is 18.4 Å². The summed E-state index contributed by atoms with van der Waals surface area (Å²) < 4.78 is 23.7. The quantitative estimate of drug-likeness (QED) is 0.0243. The molecule has 0 aromatic heterocycles. The van der Waals surface area contributed by atoms with Crippen molar-refractivity contribution >= 4 is 13.7 Å². The minimum Gasteiger partial charge on any atom is -0.387 e. The molecule has 9 heteroatoms. The lowest BCUT2D eigenvalue weighted by Gasteiger charge is -2.25. The van der Waals surface area contributed by atoms with Crippen molar-refractivity contribution in [1.29, 1.82) is 0 Å². The summed E-state index contributed by atoms with van der Waals surface area (Å²) in [4.78, 5) is 23.3. The first-order chi connectivity index (χ1) is 34.5. The highest BCUT2D eigenvalue weighted by Gasteiger charge is 2.27. The smallest absolute Gasteiger partial charge is 0.387 e. The van der Waals surface area contributed by atoms with E-state index in [0.717, 1.165) is 38.5 Å². The molecule has 0 aromatic carbocycles. The maximum absolute atomic E-state index is 13.0. The molecule has 8 nitrogen and oxygen atoms in total. The van der Waals surface area contributed by atoms with Gasteiger partial charge in [0, 0.05) is 6.42 Å². The van der Waals surface area contributed by atoms with E-state index in [0.29, 0.717) is 17.4 Å². The number of likely N-dealkylation sites (N-methyl/N-ethyl adjacent to an activating group) is 1. The van der Waals surface area contributed by atoms with Gasteiger partial charge >= 0.3 is 7.82 Å². The lowest BCUT2D eigenvalue weighted by Crippen LogP contribution is -2.45. The Morgan fingerprint density at radius 1 is 0.465 bits per heavy atom. The SMILES string of the molecule is CCCCCCCCCC/C=C\CCCCCCCCCCCCCCCCCCCCCC(=O)NC(COP(=O)(O)OCC[N+](C)(C)C)C(O)/C=C/CC/C=C/CCCCCCCCCCCCCC. The van der Waals surface area contributed by atoms with Gasteiger partial charge in [-0.1, -0.05) is 275 Å². The Morgan fingerprint density at radius 2 is 0.775 bits per heavy atom. The Labute approximate surface area is 442 Å². The van der Waals surface area contributed by atoms with E-state index < -0.39 is 20.0 Å². The summed E-state index contributed by atoms with van der Waals surface area (Å²) in [7, 11) is 1.57. The summed E-state index contributed by atoms with van der Waals surface area (Å²) in [5, 5.41) is 13.9. The monoisotopic (exact) mass is 1020 g/mol. The second-order valence-corrected chi connectivity index (χ2v) is 23.9. The molecule has 3 N–H and O–H groups in total. The van der Waals surface area contributed by atoms with Crippen LogP contribution in [0.4, 0.5) is 0 Å². The number of allylic oxidation sites excluding steroid dienone is 5. The van der Waals surface area contributed by atoms with E-state index in [4.69, 9.17) is 9.05 Å². The van der Waals surface area contributed by atoms with E-state index in [1.54, 1.807) is 6.08 Å². The van der Waals surface area contributed by atoms with Crippen LogP contribution in [0, 0.1) is 0 Å². The summed E-state index contributed by atoms with van der Waals surface area (Å²) in [6, 6.07) is -0.862. The number of phosphoric ester groups is 1. The van der Waals surface area contributed by atoms with Gasteiger partial charge in [-0.05, 0) is 57.8 Å². The standard InChI is InChI=1S/C62H121N2O6P/c1-6-8-10-12-14-16-18-20-22-24-26-27-28-29-30-31-32-33-34-35-36-37-38-40-42-44-46-48-50-52-54-56-62(66)63-60(59-70-71(67,68)69-58-57-64(3,4)5)61(65)55-53-51-49-47-45-43-41-39-25-23-21-19-17-15-13-11-9-7-2/h24,26,45,47,53,55,60-61,65H,6-23,25,27-44,46,48-52,54,56-59H2,1-5H3,(H-,63,66,67,68)/p+1/b26-24-,47-45+,55-53+. The van der Waals surface area contributed by atoms with Crippen molar-refractivity contribution in [3.63, 3.8) is 0 Å². The first kappa shape index (κ1) is 69.7. The predicted octanol–water partition coefficient (Wildman–Crippen LogP) is 18.9. The Balaban J connectivity index is 4.09. The van der Waals surface area contributed by atoms with Crippen molar-refractivity contribution in [2.45, 2.75) is 315 Å². The number of aliphatic hydroxyl groups is 1. The number of hydrogen-bond acceptors (Lipinski definition) is 5. The van der Waals surface area contributed by atoms with Gasteiger partial charge in [-0.3, -0.25) is 13.8 Å². The minimum atomic E-state index is -4.35. The van der Waals surface area contributed by atoms with Crippen LogP contribution in [0.2, 0.25) is 0 Å². The van der Waals surface area contributed by atoms with Crippen molar-refractivity contribution < 1.29 is 32.9 Å². The number of carbonyl (C=O) groups is 1. The number of hydrogen-bond donors (Lipinski definition) is 3. The summed E-state index contributed by atoms with van der Waals surface area (Å²) in [6.07, 6.45) is 69.8. The zero-order valence-corrected chi connectivity index (χ0v) is 48.9. The average molecular weight is 1020 g/mol. The van der Waals surface area contributed by atoms with Crippen LogP contribution in [0.3, 0.4) is 0 Å². The van der Waals surface area contributed by atoms with Crippen molar-refractivity contribution in [3.05, 3.63) is 36.5 Å². The Hall–Kier alpha value is -1.28. The van der Waals surface area contributed by atoms with Crippen LogP contribution >= 0.6 is 7.82 Å². The van der Waals surface area contributed by atoms with Crippen molar-refractivity contribution in [2.24, 2.45) is 0 Å². The molecule has 1 amide bonds. The molecule has 3 atom stereocenters. The van der Waals surface area contributed by atoms with Crippen LogP contribution in [0.1, 0.15) is 303 Å². The number of unbranched alkanes of at least 4 members (excludes halogenated alkanes) is 40. The van der Waals surface area contributed by atoms with Gasteiger partial charge in [0.15, 0.2) is 0 Å². The molecule has 0 radical (unpaired) electrons. The molecule has 0 bridgehead atoms. The van der Waals surface area contributed by atoms with Crippen LogP contribution in [0.5, 0.6) is 0 Å². The summed E-state index contributed by atoms with van der Waals surface area (Å²) >= 11 is 0. The summed E-state index contributed by atoms with van der Waals surface area (Å²) in [5.41, 5.74) is 0. The fourth-order valence-corrected chi connectivity index (χ4v) is 9.97. The van der Waals surface area contributed by atoms with Gasteiger partial charge in [0.1, 0.15) is 13.2 Å². The molecule has 0 fully saturated rings. The summed E-state index contributed by atoms with van der Waals surface area (Å²) in [5.74, 6) is -0.182. The fourth-order valence-electron chi connectivity index (χ4n) is 9.23. The largest absolute Gasteiger partial charge is 0.472 e. The van der Waals surface area contributed by atoms with Gasteiger partial charge in [0.2, 0.25) is 5.91 Å². The molecule has 0 heterocycles.